The summed E-state index contributed by atoms with van der Waals surface area (Å²) >= 11 is 0. The normalized spacial score (nSPS) is 18.6. The van der Waals surface area contributed by atoms with Gasteiger partial charge >= 0.3 is 6.09 Å². The van der Waals surface area contributed by atoms with Crippen LogP contribution >= 0.6 is 0 Å². The molecule has 6 heteroatoms. The third-order valence-corrected chi connectivity index (χ3v) is 4.79. The van der Waals surface area contributed by atoms with Crippen LogP contribution in [0.5, 0.6) is 0 Å². The van der Waals surface area contributed by atoms with Gasteiger partial charge in [0.15, 0.2) is 0 Å². The van der Waals surface area contributed by atoms with Gasteiger partial charge in [-0.25, -0.2) is 4.79 Å². The molecule has 2 N–H and O–H groups in total. The Morgan fingerprint density at radius 1 is 1.18 bits per heavy atom. The number of ether oxygens (including phenoxy) is 1. The molecule has 0 aliphatic carbocycles. The van der Waals surface area contributed by atoms with E-state index in [4.69, 9.17) is 4.74 Å². The summed E-state index contributed by atoms with van der Waals surface area (Å²) in [6.45, 7) is 12.8. The molecule has 2 unspecified atom stereocenters. The van der Waals surface area contributed by atoms with Crippen LogP contribution in [0.4, 0.5) is 4.79 Å². The van der Waals surface area contributed by atoms with Crippen molar-refractivity contribution in [1.82, 2.24) is 15.5 Å². The Labute approximate surface area is 169 Å². The second kappa shape index (κ2) is 8.95. The van der Waals surface area contributed by atoms with Crippen molar-refractivity contribution in [2.24, 2.45) is 0 Å². The van der Waals surface area contributed by atoms with Crippen LogP contribution in [0.1, 0.15) is 66.0 Å². The Bertz CT molecular complexity index is 667. The lowest BCUT2D eigenvalue weighted by molar-refractivity contribution is -0.125. The van der Waals surface area contributed by atoms with Gasteiger partial charge in [-0.05, 0) is 59.9 Å². The molecule has 0 saturated carbocycles. The molecule has 0 aromatic heterocycles. The van der Waals surface area contributed by atoms with Crippen LogP contribution in [0.2, 0.25) is 0 Å². The molecule has 1 saturated heterocycles. The minimum absolute atomic E-state index is 0.120. The molecule has 1 heterocycles. The van der Waals surface area contributed by atoms with E-state index < -0.39 is 17.7 Å². The van der Waals surface area contributed by atoms with E-state index in [1.54, 1.807) is 4.90 Å². The lowest BCUT2D eigenvalue weighted by Crippen LogP contribution is -2.54. The second-order valence-corrected chi connectivity index (χ2v) is 9.21. The number of carbonyl (C=O) groups is 2. The molecular formula is C22H35N3O3. The number of amides is 2. The summed E-state index contributed by atoms with van der Waals surface area (Å²) in [7, 11) is 0. The Morgan fingerprint density at radius 2 is 1.82 bits per heavy atom. The van der Waals surface area contributed by atoms with Crippen LogP contribution in [0.3, 0.4) is 0 Å². The van der Waals surface area contributed by atoms with Crippen LogP contribution in [-0.2, 0) is 9.53 Å². The predicted octanol–water partition coefficient (Wildman–Crippen LogP) is 3.63. The zero-order valence-electron chi connectivity index (χ0n) is 18.0. The maximum Gasteiger partial charge on any atom is 0.410 e. The van der Waals surface area contributed by atoms with E-state index in [1.807, 2.05) is 39.0 Å². The molecule has 2 atom stereocenters. The van der Waals surface area contributed by atoms with Gasteiger partial charge in [0.05, 0.1) is 0 Å². The number of carbonyl (C=O) groups excluding carboxylic acids is 2. The number of benzene rings is 1. The molecule has 28 heavy (non-hydrogen) atoms. The smallest absolute Gasteiger partial charge is 0.410 e. The fourth-order valence-electron chi connectivity index (χ4n) is 3.47. The van der Waals surface area contributed by atoms with Crippen LogP contribution in [0, 0.1) is 0 Å². The van der Waals surface area contributed by atoms with Crippen LogP contribution < -0.4 is 10.6 Å². The largest absolute Gasteiger partial charge is 0.444 e. The lowest BCUT2D eigenvalue weighted by Gasteiger charge is -2.32. The molecule has 156 valence electrons. The monoisotopic (exact) mass is 389 g/mol. The molecule has 0 spiro atoms. The average Bonchev–Trinajstić information content (AvgIpc) is 3.09. The van der Waals surface area contributed by atoms with Gasteiger partial charge in [-0.15, -0.1) is 0 Å². The van der Waals surface area contributed by atoms with Crippen LogP contribution in [-0.4, -0.2) is 47.2 Å². The van der Waals surface area contributed by atoms with E-state index in [-0.39, 0.29) is 17.5 Å². The number of hydrogen-bond donors (Lipinski definition) is 2. The first-order valence-corrected chi connectivity index (χ1v) is 10.1. The Kier molecular flexibility index (Phi) is 7.10. The van der Waals surface area contributed by atoms with Crippen molar-refractivity contribution in [3.63, 3.8) is 0 Å². The highest BCUT2D eigenvalue weighted by molar-refractivity contribution is 5.86. The SMILES string of the molecule is CC(NC(C)(C)CNC(=O)C1CCCN1C(=O)OC(C)(C)C)c1ccccc1. The minimum atomic E-state index is -0.569. The molecule has 0 radical (unpaired) electrons. The van der Waals surface area contributed by atoms with Crippen LogP contribution in [0.15, 0.2) is 30.3 Å². The maximum atomic E-state index is 12.7. The van der Waals surface area contributed by atoms with E-state index in [2.05, 4.69) is 43.5 Å². The summed E-state index contributed by atoms with van der Waals surface area (Å²) in [4.78, 5) is 26.7. The molecule has 1 fully saturated rings. The summed E-state index contributed by atoms with van der Waals surface area (Å²) in [5.41, 5.74) is 0.342. The third kappa shape index (κ3) is 6.51. The van der Waals surface area contributed by atoms with Crippen molar-refractivity contribution in [2.75, 3.05) is 13.1 Å². The standard InChI is InChI=1S/C22H35N3O3/c1-16(17-11-8-7-9-12-17)24-22(5,6)15-23-19(26)18-13-10-14-25(18)20(27)28-21(2,3)4/h7-9,11-12,16,18,24H,10,13-15H2,1-6H3,(H,23,26). The van der Waals surface area contributed by atoms with Crippen molar-refractivity contribution in [3.8, 4) is 0 Å². The number of nitrogens with one attached hydrogen (secondary N) is 2. The topological polar surface area (TPSA) is 70.7 Å². The number of likely N-dealkylation sites (tertiary alicyclic amines) is 1. The molecule has 1 aromatic carbocycles. The van der Waals surface area contributed by atoms with E-state index in [1.165, 1.54) is 5.56 Å². The Balaban J connectivity index is 1.90. The third-order valence-electron chi connectivity index (χ3n) is 4.79. The highest BCUT2D eigenvalue weighted by atomic mass is 16.6. The second-order valence-electron chi connectivity index (χ2n) is 9.21. The highest BCUT2D eigenvalue weighted by Crippen LogP contribution is 2.21. The Morgan fingerprint density at radius 3 is 2.43 bits per heavy atom. The van der Waals surface area contributed by atoms with Crippen LogP contribution in [0.25, 0.3) is 0 Å². The van der Waals surface area contributed by atoms with Crippen molar-refractivity contribution >= 4 is 12.0 Å². The summed E-state index contributed by atoms with van der Waals surface area (Å²) in [6, 6.07) is 9.92. The van der Waals surface area contributed by atoms with Gasteiger partial charge in [0.1, 0.15) is 11.6 Å². The lowest BCUT2D eigenvalue weighted by atomic mass is 10.0. The molecule has 2 rings (SSSR count). The quantitative estimate of drug-likeness (QED) is 0.779. The summed E-state index contributed by atoms with van der Waals surface area (Å²) in [5.74, 6) is -0.120. The molecule has 6 nitrogen and oxygen atoms in total. The molecule has 1 aliphatic heterocycles. The van der Waals surface area contributed by atoms with E-state index in [9.17, 15) is 9.59 Å². The summed E-state index contributed by atoms with van der Waals surface area (Å²) in [5, 5.41) is 6.58. The zero-order chi connectivity index (χ0) is 20.9. The minimum Gasteiger partial charge on any atom is -0.444 e. The first kappa shape index (κ1) is 22.2. The zero-order valence-corrected chi connectivity index (χ0v) is 18.0. The number of nitrogens with zero attached hydrogens (tertiary/aromatic N) is 1. The van der Waals surface area contributed by atoms with Gasteiger partial charge in [-0.3, -0.25) is 9.69 Å². The van der Waals surface area contributed by atoms with E-state index in [0.717, 1.165) is 6.42 Å². The van der Waals surface area contributed by atoms with E-state index in [0.29, 0.717) is 19.5 Å². The number of hydrogen-bond acceptors (Lipinski definition) is 4. The first-order chi connectivity index (χ1) is 13.0. The molecule has 2 amide bonds. The molecule has 1 aromatic rings. The predicted molar refractivity (Wildman–Crippen MR) is 111 cm³/mol. The first-order valence-electron chi connectivity index (χ1n) is 10.1. The maximum absolute atomic E-state index is 12.7. The highest BCUT2D eigenvalue weighted by Gasteiger charge is 2.37. The van der Waals surface area contributed by atoms with Gasteiger partial charge in [0.2, 0.25) is 5.91 Å². The van der Waals surface area contributed by atoms with Gasteiger partial charge in [-0.1, -0.05) is 30.3 Å². The van der Waals surface area contributed by atoms with E-state index >= 15 is 0 Å². The van der Waals surface area contributed by atoms with Gasteiger partial charge in [0, 0.05) is 24.7 Å². The molecule has 1 aliphatic rings. The number of rotatable bonds is 6. The van der Waals surface area contributed by atoms with Gasteiger partial charge in [-0.2, -0.15) is 0 Å². The molecule has 0 bridgehead atoms. The summed E-state index contributed by atoms with van der Waals surface area (Å²) in [6.07, 6.45) is 1.06. The van der Waals surface area contributed by atoms with Crippen molar-refractivity contribution in [3.05, 3.63) is 35.9 Å². The van der Waals surface area contributed by atoms with Crippen molar-refractivity contribution in [2.45, 2.75) is 77.6 Å². The van der Waals surface area contributed by atoms with Crippen molar-refractivity contribution < 1.29 is 14.3 Å². The average molecular weight is 390 g/mol. The van der Waals surface area contributed by atoms with Gasteiger partial charge < -0.3 is 15.4 Å². The van der Waals surface area contributed by atoms with Gasteiger partial charge in [0.25, 0.3) is 0 Å². The fraction of sp³-hybridized carbons (Fsp3) is 0.636. The van der Waals surface area contributed by atoms with Crippen molar-refractivity contribution in [1.29, 1.82) is 0 Å². The Hall–Kier alpha value is -2.08. The summed E-state index contributed by atoms with van der Waals surface area (Å²) < 4.78 is 5.44. The fourth-order valence-corrected chi connectivity index (χ4v) is 3.47. The molecular weight excluding hydrogens is 354 g/mol.